The van der Waals surface area contributed by atoms with Crippen LogP contribution >= 0.6 is 11.6 Å². The number of fused-ring (bicyclic) bond motifs is 1. The van der Waals surface area contributed by atoms with E-state index in [4.69, 9.17) is 16.3 Å². The number of nitrogens with one attached hydrogen (secondary N) is 1. The van der Waals surface area contributed by atoms with Crippen molar-refractivity contribution in [2.45, 2.75) is 19.2 Å². The third kappa shape index (κ3) is 3.52. The molecule has 1 unspecified atom stereocenters. The molecule has 0 aliphatic rings. The Kier molecular flexibility index (Phi) is 5.18. The summed E-state index contributed by atoms with van der Waals surface area (Å²) in [7, 11) is 0. The zero-order valence-electron chi connectivity index (χ0n) is 14.3. The molecule has 3 rings (SSSR count). The topological polar surface area (TPSA) is 86.1 Å². The Morgan fingerprint density at radius 1 is 1.27 bits per heavy atom. The summed E-state index contributed by atoms with van der Waals surface area (Å²) < 4.78 is 6.42. The maximum absolute atomic E-state index is 12.2. The van der Waals surface area contributed by atoms with E-state index in [1.807, 2.05) is 30.3 Å². The lowest BCUT2D eigenvalue weighted by molar-refractivity contribution is -0.115. The number of rotatable bonds is 5. The van der Waals surface area contributed by atoms with Crippen LogP contribution in [0.3, 0.4) is 0 Å². The first-order valence-electron chi connectivity index (χ1n) is 8.07. The van der Waals surface area contributed by atoms with Crippen molar-refractivity contribution in [2.75, 3.05) is 11.9 Å². The summed E-state index contributed by atoms with van der Waals surface area (Å²) in [4.78, 5) is 28.8. The summed E-state index contributed by atoms with van der Waals surface area (Å²) in [6.07, 6.45) is 1.34. The van der Waals surface area contributed by atoms with Crippen molar-refractivity contribution < 1.29 is 14.3 Å². The van der Waals surface area contributed by atoms with Gasteiger partial charge >= 0.3 is 5.97 Å². The number of pyridine rings is 1. The quantitative estimate of drug-likeness (QED) is 0.549. The fraction of sp³-hybridized carbons (Fsp3) is 0.222. The fourth-order valence-corrected chi connectivity index (χ4v) is 2.44. The predicted octanol–water partition coefficient (Wildman–Crippen LogP) is 3.16. The number of hydrogen-bond acceptors (Lipinski definition) is 5. The Labute approximate surface area is 154 Å². The summed E-state index contributed by atoms with van der Waals surface area (Å²) >= 11 is 5.84. The van der Waals surface area contributed by atoms with E-state index in [0.717, 1.165) is 10.9 Å². The standard InChI is InChI=1S/C18H17ClN4O3/c1-3-26-18(25)13-10-20-23(16(13)22-17(24)11(2)19)15-9-8-12-6-4-5-7-14(12)21-15/h4-11H,3H2,1-2H3,(H,22,24). The molecule has 1 aromatic carbocycles. The molecule has 8 heteroatoms. The van der Waals surface area contributed by atoms with Crippen LogP contribution in [0.5, 0.6) is 0 Å². The first-order valence-corrected chi connectivity index (χ1v) is 8.51. The van der Waals surface area contributed by atoms with Gasteiger partial charge in [-0.2, -0.15) is 9.78 Å². The van der Waals surface area contributed by atoms with Gasteiger partial charge in [-0.1, -0.05) is 18.2 Å². The van der Waals surface area contributed by atoms with Crippen molar-refractivity contribution in [1.82, 2.24) is 14.8 Å². The minimum Gasteiger partial charge on any atom is -0.462 e. The summed E-state index contributed by atoms with van der Waals surface area (Å²) in [5.41, 5.74) is 0.897. The molecule has 0 fully saturated rings. The van der Waals surface area contributed by atoms with Crippen LogP contribution in [0.25, 0.3) is 16.7 Å². The first kappa shape index (κ1) is 17.9. The molecule has 0 bridgehead atoms. The largest absolute Gasteiger partial charge is 0.462 e. The number of halogens is 1. The molecule has 3 aromatic rings. The van der Waals surface area contributed by atoms with E-state index >= 15 is 0 Å². The lowest BCUT2D eigenvalue weighted by atomic mass is 10.2. The Morgan fingerprint density at radius 3 is 2.77 bits per heavy atom. The van der Waals surface area contributed by atoms with Crippen molar-refractivity contribution in [3.8, 4) is 5.82 Å². The molecule has 0 aliphatic carbocycles. The molecule has 26 heavy (non-hydrogen) atoms. The Hall–Kier alpha value is -2.93. The maximum Gasteiger partial charge on any atom is 0.343 e. The molecule has 0 radical (unpaired) electrons. The molecular formula is C18H17ClN4O3. The molecule has 134 valence electrons. The van der Waals surface area contributed by atoms with Gasteiger partial charge in [-0.05, 0) is 32.0 Å². The van der Waals surface area contributed by atoms with Gasteiger partial charge in [-0.15, -0.1) is 11.6 Å². The summed E-state index contributed by atoms with van der Waals surface area (Å²) in [6, 6.07) is 11.3. The lowest BCUT2D eigenvalue weighted by Gasteiger charge is -2.11. The number of hydrogen-bond donors (Lipinski definition) is 1. The van der Waals surface area contributed by atoms with Crippen molar-refractivity contribution in [3.05, 3.63) is 48.2 Å². The van der Waals surface area contributed by atoms with Crippen molar-refractivity contribution in [3.63, 3.8) is 0 Å². The van der Waals surface area contributed by atoms with E-state index in [9.17, 15) is 9.59 Å². The lowest BCUT2D eigenvalue weighted by Crippen LogP contribution is -2.24. The number of ether oxygens (including phenoxy) is 1. The first-order chi connectivity index (χ1) is 12.5. The SMILES string of the molecule is CCOC(=O)c1cnn(-c2ccc3ccccc3n2)c1NC(=O)C(C)Cl. The zero-order chi connectivity index (χ0) is 18.7. The summed E-state index contributed by atoms with van der Waals surface area (Å²) in [5, 5.41) is 7.02. The van der Waals surface area contributed by atoms with Crippen LogP contribution in [-0.4, -0.2) is 38.6 Å². The molecule has 2 heterocycles. The molecule has 2 aromatic heterocycles. The molecule has 1 N–H and O–H groups in total. The van der Waals surface area contributed by atoms with Gasteiger partial charge in [-0.25, -0.2) is 9.78 Å². The average molecular weight is 373 g/mol. The third-order valence-corrected chi connectivity index (χ3v) is 3.87. The smallest absolute Gasteiger partial charge is 0.343 e. The van der Waals surface area contributed by atoms with E-state index in [-0.39, 0.29) is 18.0 Å². The highest BCUT2D eigenvalue weighted by molar-refractivity contribution is 6.32. The third-order valence-electron chi connectivity index (χ3n) is 3.67. The predicted molar refractivity (Wildman–Crippen MR) is 98.8 cm³/mol. The molecule has 7 nitrogen and oxygen atoms in total. The number of alkyl halides is 1. The van der Waals surface area contributed by atoms with Crippen molar-refractivity contribution >= 4 is 40.2 Å². The highest BCUT2D eigenvalue weighted by atomic mass is 35.5. The number of anilines is 1. The second-order valence-corrected chi connectivity index (χ2v) is 6.16. The molecule has 0 aliphatic heterocycles. The fourth-order valence-electron chi connectivity index (χ4n) is 2.39. The van der Waals surface area contributed by atoms with Gasteiger partial charge in [0, 0.05) is 5.39 Å². The monoisotopic (exact) mass is 372 g/mol. The van der Waals surface area contributed by atoms with E-state index in [2.05, 4.69) is 15.4 Å². The van der Waals surface area contributed by atoms with Crippen LogP contribution < -0.4 is 5.32 Å². The molecular weight excluding hydrogens is 356 g/mol. The van der Waals surface area contributed by atoms with Gasteiger partial charge in [0.15, 0.2) is 11.6 Å². The van der Waals surface area contributed by atoms with Gasteiger partial charge in [0.1, 0.15) is 10.9 Å². The van der Waals surface area contributed by atoms with Gasteiger partial charge in [-0.3, -0.25) is 4.79 Å². The second kappa shape index (κ2) is 7.53. The number of amides is 1. The summed E-state index contributed by atoms with van der Waals surface area (Å²) in [5.74, 6) is -0.419. The maximum atomic E-state index is 12.2. The number of nitrogens with zero attached hydrogens (tertiary/aromatic N) is 3. The van der Waals surface area contributed by atoms with Gasteiger partial charge in [0.25, 0.3) is 0 Å². The highest BCUT2D eigenvalue weighted by Crippen LogP contribution is 2.22. The number of para-hydroxylation sites is 1. The van der Waals surface area contributed by atoms with E-state index in [1.165, 1.54) is 17.8 Å². The Morgan fingerprint density at radius 2 is 2.04 bits per heavy atom. The molecule has 1 atom stereocenters. The van der Waals surface area contributed by atoms with Gasteiger partial charge in [0.05, 0.1) is 18.3 Å². The van der Waals surface area contributed by atoms with Gasteiger partial charge in [0.2, 0.25) is 5.91 Å². The number of carbonyl (C=O) groups excluding carboxylic acids is 2. The van der Waals surface area contributed by atoms with E-state index < -0.39 is 17.3 Å². The Bertz CT molecular complexity index is 968. The van der Waals surface area contributed by atoms with E-state index in [1.54, 1.807) is 13.0 Å². The number of benzene rings is 1. The number of aromatic nitrogens is 3. The van der Waals surface area contributed by atoms with Crippen LogP contribution in [0.1, 0.15) is 24.2 Å². The molecule has 0 spiro atoms. The molecule has 1 amide bonds. The normalized spacial score (nSPS) is 12.0. The zero-order valence-corrected chi connectivity index (χ0v) is 15.0. The summed E-state index contributed by atoms with van der Waals surface area (Å²) in [6.45, 7) is 3.44. The number of carbonyl (C=O) groups is 2. The number of esters is 1. The van der Waals surface area contributed by atoms with Gasteiger partial charge < -0.3 is 10.1 Å². The average Bonchev–Trinajstić information content (AvgIpc) is 3.05. The van der Waals surface area contributed by atoms with Crippen molar-refractivity contribution in [1.29, 1.82) is 0 Å². The van der Waals surface area contributed by atoms with Crippen LogP contribution in [0.15, 0.2) is 42.6 Å². The van der Waals surface area contributed by atoms with Crippen LogP contribution in [-0.2, 0) is 9.53 Å². The van der Waals surface area contributed by atoms with Crippen LogP contribution in [0.4, 0.5) is 5.82 Å². The van der Waals surface area contributed by atoms with Crippen LogP contribution in [0.2, 0.25) is 0 Å². The van der Waals surface area contributed by atoms with Crippen LogP contribution in [0, 0.1) is 0 Å². The Balaban J connectivity index is 2.09. The minimum absolute atomic E-state index is 0.132. The second-order valence-electron chi connectivity index (χ2n) is 5.51. The van der Waals surface area contributed by atoms with Crippen molar-refractivity contribution in [2.24, 2.45) is 0 Å². The molecule has 0 saturated heterocycles. The molecule has 0 saturated carbocycles. The van der Waals surface area contributed by atoms with E-state index in [0.29, 0.717) is 5.82 Å². The minimum atomic E-state index is -0.780. The highest BCUT2D eigenvalue weighted by Gasteiger charge is 2.23.